The van der Waals surface area contributed by atoms with E-state index in [1.807, 2.05) is 0 Å². The Morgan fingerprint density at radius 3 is 2.43 bits per heavy atom. The van der Waals surface area contributed by atoms with Crippen molar-refractivity contribution < 1.29 is 17.9 Å². The molecule has 1 saturated heterocycles. The van der Waals surface area contributed by atoms with E-state index in [1.54, 1.807) is 0 Å². The number of hydrogen-bond acceptors (Lipinski definition) is 5. The molecule has 1 aromatic carbocycles. The lowest BCUT2D eigenvalue weighted by Crippen LogP contribution is -2.47. The molecular weight excluding hydrogens is 363 g/mol. The molecule has 0 amide bonds. The fourth-order valence-electron chi connectivity index (χ4n) is 2.69. The van der Waals surface area contributed by atoms with Gasteiger partial charge in [-0.25, -0.2) is 8.42 Å². The lowest BCUT2D eigenvalue weighted by Gasteiger charge is -2.34. The lowest BCUT2D eigenvalue weighted by molar-refractivity contribution is 0.257. The van der Waals surface area contributed by atoms with Crippen LogP contribution in [-0.2, 0) is 10.0 Å². The van der Waals surface area contributed by atoms with Gasteiger partial charge in [-0.2, -0.15) is 4.31 Å². The minimum absolute atomic E-state index is 0. The molecule has 23 heavy (non-hydrogen) atoms. The summed E-state index contributed by atoms with van der Waals surface area (Å²) in [5.74, 6) is 0.715. The first-order valence-electron chi connectivity index (χ1n) is 7.09. The van der Waals surface area contributed by atoms with Gasteiger partial charge in [0.15, 0.2) is 11.5 Å². The van der Waals surface area contributed by atoms with Crippen LogP contribution in [0.4, 0.5) is 0 Å². The minimum atomic E-state index is -3.73. The minimum Gasteiger partial charge on any atom is -0.493 e. The maximum atomic E-state index is 12.9. The summed E-state index contributed by atoms with van der Waals surface area (Å²) in [7, 11) is -0.806. The van der Waals surface area contributed by atoms with Gasteiger partial charge in [0.1, 0.15) is 4.90 Å². The molecule has 1 fully saturated rings. The summed E-state index contributed by atoms with van der Waals surface area (Å²) in [5.41, 5.74) is 5.72. The number of rotatable bonds is 5. The van der Waals surface area contributed by atoms with Crippen LogP contribution in [0, 0.1) is 0 Å². The van der Waals surface area contributed by atoms with Gasteiger partial charge in [0.2, 0.25) is 10.0 Å². The molecule has 2 N–H and O–H groups in total. The topological polar surface area (TPSA) is 81.9 Å². The highest BCUT2D eigenvalue weighted by molar-refractivity contribution is 7.89. The zero-order valence-electron chi connectivity index (χ0n) is 13.1. The Labute approximate surface area is 148 Å². The van der Waals surface area contributed by atoms with Crippen molar-refractivity contribution in [1.29, 1.82) is 0 Å². The predicted molar refractivity (Wildman–Crippen MR) is 92.4 cm³/mol. The molecule has 1 aliphatic heterocycles. The molecule has 1 aliphatic rings. The Kier molecular flexibility index (Phi) is 7.41. The first kappa shape index (κ1) is 20.3. The van der Waals surface area contributed by atoms with Crippen LogP contribution < -0.4 is 15.2 Å². The maximum Gasteiger partial charge on any atom is 0.244 e. The van der Waals surface area contributed by atoms with Crippen LogP contribution in [0.5, 0.6) is 11.5 Å². The normalized spacial score (nSPS) is 19.0. The Morgan fingerprint density at radius 2 is 1.87 bits per heavy atom. The van der Waals surface area contributed by atoms with Crippen LogP contribution in [-0.4, -0.2) is 46.1 Å². The van der Waals surface area contributed by atoms with Crippen molar-refractivity contribution in [3.05, 3.63) is 17.2 Å². The van der Waals surface area contributed by atoms with Gasteiger partial charge in [-0.05, 0) is 12.8 Å². The van der Waals surface area contributed by atoms with E-state index in [1.165, 1.54) is 30.7 Å². The summed E-state index contributed by atoms with van der Waals surface area (Å²) in [4.78, 5) is 0.0205. The number of piperidine rings is 1. The smallest absolute Gasteiger partial charge is 0.244 e. The van der Waals surface area contributed by atoms with Gasteiger partial charge in [0, 0.05) is 31.3 Å². The van der Waals surface area contributed by atoms with Crippen LogP contribution in [0.1, 0.15) is 19.3 Å². The molecule has 0 aromatic heterocycles. The van der Waals surface area contributed by atoms with Crippen LogP contribution in [0.25, 0.3) is 0 Å². The number of halogens is 2. The van der Waals surface area contributed by atoms with Crippen molar-refractivity contribution in [3.8, 4) is 11.5 Å². The third kappa shape index (κ3) is 4.03. The fourth-order valence-corrected chi connectivity index (χ4v) is 4.90. The fraction of sp³-hybridized carbons (Fsp3) is 0.571. The summed E-state index contributed by atoms with van der Waals surface area (Å²) in [6.07, 6.45) is 2.56. The zero-order chi connectivity index (χ0) is 16.3. The highest BCUT2D eigenvalue weighted by atomic mass is 35.5. The SMILES string of the molecule is COc1cc(Cl)c(S(=O)(=O)N2CCCCC2CN)cc1OC.Cl. The largest absolute Gasteiger partial charge is 0.493 e. The molecule has 9 heteroatoms. The molecule has 6 nitrogen and oxygen atoms in total. The summed E-state index contributed by atoms with van der Waals surface area (Å²) in [5, 5.41) is 0.110. The van der Waals surface area contributed by atoms with Gasteiger partial charge in [-0.3, -0.25) is 0 Å². The quantitative estimate of drug-likeness (QED) is 0.841. The van der Waals surface area contributed by atoms with Crippen LogP contribution in [0.3, 0.4) is 0 Å². The molecular formula is C14H22Cl2N2O4S. The Balaban J connectivity index is 0.00000264. The highest BCUT2D eigenvalue weighted by Gasteiger charge is 2.34. The van der Waals surface area contributed by atoms with Crippen molar-refractivity contribution >= 4 is 34.0 Å². The van der Waals surface area contributed by atoms with Crippen molar-refractivity contribution in [1.82, 2.24) is 4.31 Å². The molecule has 1 heterocycles. The van der Waals surface area contributed by atoms with E-state index in [0.29, 0.717) is 24.6 Å². The van der Waals surface area contributed by atoms with Crippen molar-refractivity contribution in [2.45, 2.75) is 30.2 Å². The van der Waals surface area contributed by atoms with E-state index >= 15 is 0 Å². The monoisotopic (exact) mass is 384 g/mol. The Hall–Kier alpha value is -0.730. The first-order valence-corrected chi connectivity index (χ1v) is 8.91. The van der Waals surface area contributed by atoms with Crippen molar-refractivity contribution in [3.63, 3.8) is 0 Å². The van der Waals surface area contributed by atoms with E-state index in [4.69, 9.17) is 26.8 Å². The molecule has 1 unspecified atom stereocenters. The molecule has 2 rings (SSSR count). The number of ether oxygens (including phenoxy) is 2. The average molecular weight is 385 g/mol. The highest BCUT2D eigenvalue weighted by Crippen LogP contribution is 2.37. The van der Waals surface area contributed by atoms with Crippen molar-refractivity contribution in [2.24, 2.45) is 5.73 Å². The van der Waals surface area contributed by atoms with Gasteiger partial charge in [-0.1, -0.05) is 18.0 Å². The van der Waals surface area contributed by atoms with E-state index in [9.17, 15) is 8.42 Å². The summed E-state index contributed by atoms with van der Waals surface area (Å²) in [6.45, 7) is 0.749. The maximum absolute atomic E-state index is 12.9. The predicted octanol–water partition coefficient (Wildman–Crippen LogP) is 2.28. The Morgan fingerprint density at radius 1 is 1.26 bits per heavy atom. The lowest BCUT2D eigenvalue weighted by atomic mass is 10.1. The molecule has 1 atom stereocenters. The third-order valence-electron chi connectivity index (χ3n) is 3.87. The van der Waals surface area contributed by atoms with Crippen molar-refractivity contribution in [2.75, 3.05) is 27.3 Å². The van der Waals surface area contributed by atoms with E-state index in [-0.39, 0.29) is 28.4 Å². The standard InChI is InChI=1S/C14H21ClN2O4S.ClH/c1-20-12-7-11(15)14(8-13(12)21-2)22(18,19)17-6-4-3-5-10(17)9-16;/h7-8,10H,3-6,9,16H2,1-2H3;1H. The summed E-state index contributed by atoms with van der Waals surface area (Å²) in [6, 6.07) is 2.66. The Bertz CT molecular complexity index is 640. The van der Waals surface area contributed by atoms with Crippen LogP contribution >= 0.6 is 24.0 Å². The molecule has 0 bridgehead atoms. The molecule has 0 aliphatic carbocycles. The second-order valence-corrected chi connectivity index (χ2v) is 7.40. The number of methoxy groups -OCH3 is 2. The average Bonchev–Trinajstić information content (AvgIpc) is 2.54. The van der Waals surface area contributed by atoms with E-state index < -0.39 is 10.0 Å². The van der Waals surface area contributed by atoms with Gasteiger partial charge < -0.3 is 15.2 Å². The molecule has 132 valence electrons. The zero-order valence-corrected chi connectivity index (χ0v) is 15.5. The number of nitrogens with two attached hydrogens (primary N) is 1. The second-order valence-electron chi connectivity index (χ2n) is 5.14. The van der Waals surface area contributed by atoms with E-state index in [2.05, 4.69) is 0 Å². The van der Waals surface area contributed by atoms with Gasteiger partial charge in [0.25, 0.3) is 0 Å². The summed E-state index contributed by atoms with van der Waals surface area (Å²) < 4.78 is 37.6. The number of benzene rings is 1. The second kappa shape index (κ2) is 8.39. The first-order chi connectivity index (χ1) is 10.5. The summed E-state index contributed by atoms with van der Waals surface area (Å²) >= 11 is 6.16. The third-order valence-corrected chi connectivity index (χ3v) is 6.29. The van der Waals surface area contributed by atoms with Crippen LogP contribution in [0.2, 0.25) is 5.02 Å². The molecule has 0 radical (unpaired) electrons. The van der Waals surface area contributed by atoms with Gasteiger partial charge in [0.05, 0.1) is 19.2 Å². The van der Waals surface area contributed by atoms with Crippen LogP contribution in [0.15, 0.2) is 17.0 Å². The number of hydrogen-bond donors (Lipinski definition) is 1. The van der Waals surface area contributed by atoms with Gasteiger partial charge in [-0.15, -0.1) is 12.4 Å². The number of nitrogens with zero attached hydrogens (tertiary/aromatic N) is 1. The van der Waals surface area contributed by atoms with E-state index in [0.717, 1.165) is 19.3 Å². The molecule has 0 saturated carbocycles. The van der Waals surface area contributed by atoms with Gasteiger partial charge >= 0.3 is 0 Å². The molecule has 0 spiro atoms. The molecule has 1 aromatic rings. The number of sulfonamides is 1.